The molecule has 0 spiro atoms. The summed E-state index contributed by atoms with van der Waals surface area (Å²) in [6.45, 7) is 10.0. The Morgan fingerprint density at radius 2 is 1.72 bits per heavy atom. The average molecular weight is 410 g/mol. The summed E-state index contributed by atoms with van der Waals surface area (Å²) >= 11 is 1.62. The van der Waals surface area contributed by atoms with Gasteiger partial charge in [-0.25, -0.2) is 4.98 Å². The molecule has 154 valence electrons. The predicted molar refractivity (Wildman–Crippen MR) is 124 cm³/mol. The molecule has 5 heteroatoms. The van der Waals surface area contributed by atoms with Gasteiger partial charge >= 0.3 is 0 Å². The Hall–Kier alpha value is -2.24. The summed E-state index contributed by atoms with van der Waals surface area (Å²) in [5.41, 5.74) is 6.93. The van der Waals surface area contributed by atoms with E-state index in [4.69, 9.17) is 4.98 Å². The number of fused-ring (bicyclic) bond motifs is 1. The highest BCUT2D eigenvalue weighted by molar-refractivity contribution is 7.22. The Bertz CT molecular complexity index is 1020. The van der Waals surface area contributed by atoms with Crippen LogP contribution in [-0.2, 0) is 11.2 Å². The van der Waals surface area contributed by atoms with E-state index in [-0.39, 0.29) is 5.91 Å². The van der Waals surface area contributed by atoms with Crippen molar-refractivity contribution in [2.75, 3.05) is 32.1 Å². The zero-order valence-corrected chi connectivity index (χ0v) is 19.2. The highest BCUT2D eigenvalue weighted by atomic mass is 32.1. The lowest BCUT2D eigenvalue weighted by atomic mass is 10.0. The molecule has 1 amide bonds. The number of hydrogen-bond acceptors (Lipinski definition) is 4. The van der Waals surface area contributed by atoms with Crippen LogP contribution in [0.25, 0.3) is 10.2 Å². The van der Waals surface area contributed by atoms with Crippen molar-refractivity contribution < 1.29 is 4.79 Å². The van der Waals surface area contributed by atoms with Crippen LogP contribution in [0.15, 0.2) is 30.3 Å². The molecule has 0 radical (unpaired) electrons. The zero-order chi connectivity index (χ0) is 21.1. The number of thiazole rings is 1. The van der Waals surface area contributed by atoms with Crippen molar-refractivity contribution in [2.45, 2.75) is 40.5 Å². The summed E-state index contributed by atoms with van der Waals surface area (Å²) in [5.74, 6) is 0.112. The quantitative estimate of drug-likeness (QED) is 0.547. The SMILES string of the molecule is Cc1cc(C)c2nc(N(CCCN(C)C)C(=O)Cc3ccc(C)c(C)c3)sc2c1. The van der Waals surface area contributed by atoms with Gasteiger partial charge in [0, 0.05) is 6.54 Å². The van der Waals surface area contributed by atoms with Crippen LogP contribution < -0.4 is 4.90 Å². The fourth-order valence-corrected chi connectivity index (χ4v) is 4.71. The first kappa shape index (κ1) is 21.5. The van der Waals surface area contributed by atoms with Crippen molar-refractivity contribution in [3.05, 3.63) is 58.1 Å². The molecule has 0 unspecified atom stereocenters. The topological polar surface area (TPSA) is 36.4 Å². The largest absolute Gasteiger partial charge is 0.309 e. The zero-order valence-electron chi connectivity index (χ0n) is 18.4. The highest BCUT2D eigenvalue weighted by Gasteiger charge is 2.21. The van der Waals surface area contributed by atoms with Gasteiger partial charge in [0.15, 0.2) is 5.13 Å². The van der Waals surface area contributed by atoms with Crippen LogP contribution in [-0.4, -0.2) is 43.0 Å². The summed E-state index contributed by atoms with van der Waals surface area (Å²) in [4.78, 5) is 22.2. The summed E-state index contributed by atoms with van der Waals surface area (Å²) in [6, 6.07) is 10.6. The third-order valence-corrected chi connectivity index (χ3v) is 6.29. The van der Waals surface area contributed by atoms with Crippen LogP contribution in [0.3, 0.4) is 0 Å². The van der Waals surface area contributed by atoms with Crippen LogP contribution in [0.5, 0.6) is 0 Å². The molecule has 3 rings (SSSR count). The molecule has 0 aliphatic heterocycles. The maximum atomic E-state index is 13.3. The summed E-state index contributed by atoms with van der Waals surface area (Å²) in [5, 5.41) is 0.807. The van der Waals surface area contributed by atoms with Crippen LogP contribution >= 0.6 is 11.3 Å². The molecule has 1 heterocycles. The maximum absolute atomic E-state index is 13.3. The van der Waals surface area contributed by atoms with Gasteiger partial charge in [-0.15, -0.1) is 0 Å². The molecule has 1 aromatic heterocycles. The van der Waals surface area contributed by atoms with Gasteiger partial charge in [0.2, 0.25) is 5.91 Å². The number of nitrogens with zero attached hydrogens (tertiary/aromatic N) is 3. The molecule has 0 N–H and O–H groups in total. The Kier molecular flexibility index (Phi) is 6.70. The van der Waals surface area contributed by atoms with E-state index in [9.17, 15) is 4.79 Å². The van der Waals surface area contributed by atoms with Crippen molar-refractivity contribution in [3.8, 4) is 0 Å². The molecule has 3 aromatic rings. The summed E-state index contributed by atoms with van der Waals surface area (Å²) in [6.07, 6.45) is 1.32. The first-order valence-corrected chi connectivity index (χ1v) is 11.0. The third-order valence-electron chi connectivity index (χ3n) is 5.26. The van der Waals surface area contributed by atoms with Crippen molar-refractivity contribution in [2.24, 2.45) is 0 Å². The molecule has 0 bridgehead atoms. The van der Waals surface area contributed by atoms with Gasteiger partial charge in [0.25, 0.3) is 0 Å². The van der Waals surface area contributed by atoms with E-state index >= 15 is 0 Å². The standard InChI is InChI=1S/C24H31N3OS/c1-16-12-19(4)23-21(13-16)29-24(25-23)27(11-7-10-26(5)6)22(28)15-20-9-8-17(2)18(3)14-20/h8-9,12-14H,7,10-11,15H2,1-6H3. The fourth-order valence-electron chi connectivity index (χ4n) is 3.53. The van der Waals surface area contributed by atoms with Gasteiger partial charge in [-0.1, -0.05) is 35.6 Å². The summed E-state index contributed by atoms with van der Waals surface area (Å²) < 4.78 is 1.15. The van der Waals surface area contributed by atoms with Gasteiger partial charge in [-0.3, -0.25) is 9.69 Å². The number of carbonyl (C=O) groups is 1. The van der Waals surface area contributed by atoms with Crippen molar-refractivity contribution in [1.82, 2.24) is 9.88 Å². The molecular weight excluding hydrogens is 378 g/mol. The molecular formula is C24H31N3OS. The monoisotopic (exact) mass is 409 g/mol. The number of hydrogen-bond donors (Lipinski definition) is 0. The second kappa shape index (κ2) is 9.06. The van der Waals surface area contributed by atoms with E-state index in [1.54, 1.807) is 11.3 Å². The van der Waals surface area contributed by atoms with E-state index in [0.29, 0.717) is 13.0 Å². The molecule has 4 nitrogen and oxygen atoms in total. The third kappa shape index (κ3) is 5.22. The molecule has 29 heavy (non-hydrogen) atoms. The molecule has 0 fully saturated rings. The number of aromatic nitrogens is 1. The van der Waals surface area contributed by atoms with Gasteiger partial charge in [-0.05, 0) is 88.6 Å². The van der Waals surface area contributed by atoms with E-state index in [1.165, 1.54) is 16.7 Å². The van der Waals surface area contributed by atoms with Gasteiger partial charge in [0.1, 0.15) is 0 Å². The molecule has 0 saturated heterocycles. The number of rotatable bonds is 7. The minimum Gasteiger partial charge on any atom is -0.309 e. The number of carbonyl (C=O) groups excluding carboxylic acids is 1. The second-order valence-corrected chi connectivity index (χ2v) is 9.23. The van der Waals surface area contributed by atoms with Gasteiger partial charge in [0.05, 0.1) is 16.6 Å². The Balaban J connectivity index is 1.90. The Morgan fingerprint density at radius 1 is 0.966 bits per heavy atom. The number of anilines is 1. The van der Waals surface area contributed by atoms with Crippen LogP contribution in [0, 0.1) is 27.7 Å². The molecule has 2 aromatic carbocycles. The normalized spacial score (nSPS) is 11.4. The Morgan fingerprint density at radius 3 is 2.41 bits per heavy atom. The van der Waals surface area contributed by atoms with E-state index in [0.717, 1.165) is 39.4 Å². The van der Waals surface area contributed by atoms with Gasteiger partial charge < -0.3 is 4.90 Å². The van der Waals surface area contributed by atoms with E-state index < -0.39 is 0 Å². The Labute approximate surface area is 178 Å². The smallest absolute Gasteiger partial charge is 0.233 e. The van der Waals surface area contributed by atoms with Crippen LogP contribution in [0.4, 0.5) is 5.13 Å². The summed E-state index contributed by atoms with van der Waals surface area (Å²) in [7, 11) is 4.12. The first-order valence-electron chi connectivity index (χ1n) is 10.1. The van der Waals surface area contributed by atoms with Crippen molar-refractivity contribution in [1.29, 1.82) is 0 Å². The lowest BCUT2D eigenvalue weighted by Crippen LogP contribution is -2.34. The minimum atomic E-state index is 0.112. The lowest BCUT2D eigenvalue weighted by Gasteiger charge is -2.21. The van der Waals surface area contributed by atoms with E-state index in [2.05, 4.69) is 77.0 Å². The number of benzene rings is 2. The first-order chi connectivity index (χ1) is 13.7. The second-order valence-electron chi connectivity index (χ2n) is 8.22. The maximum Gasteiger partial charge on any atom is 0.233 e. The molecule has 0 aliphatic rings. The molecule has 0 aliphatic carbocycles. The predicted octanol–water partition coefficient (Wildman–Crippen LogP) is 5.06. The fraction of sp³-hybridized carbons (Fsp3) is 0.417. The van der Waals surface area contributed by atoms with Crippen LogP contribution in [0.2, 0.25) is 0 Å². The van der Waals surface area contributed by atoms with Crippen molar-refractivity contribution in [3.63, 3.8) is 0 Å². The average Bonchev–Trinajstić information content (AvgIpc) is 3.05. The molecule has 0 saturated carbocycles. The lowest BCUT2D eigenvalue weighted by molar-refractivity contribution is -0.118. The van der Waals surface area contributed by atoms with Crippen molar-refractivity contribution >= 4 is 32.6 Å². The molecule has 0 atom stereocenters. The highest BCUT2D eigenvalue weighted by Crippen LogP contribution is 2.32. The van der Waals surface area contributed by atoms with Crippen LogP contribution in [0.1, 0.15) is 34.2 Å². The van der Waals surface area contributed by atoms with Gasteiger partial charge in [-0.2, -0.15) is 0 Å². The number of amides is 1. The number of aryl methyl sites for hydroxylation is 4. The minimum absolute atomic E-state index is 0.112. The van der Waals surface area contributed by atoms with E-state index in [1.807, 2.05) is 4.90 Å².